The highest BCUT2D eigenvalue weighted by Gasteiger charge is 2.09. The van der Waals surface area contributed by atoms with Gasteiger partial charge in [0.2, 0.25) is 11.7 Å². The molecule has 3 aromatic rings. The Kier molecular flexibility index (Phi) is 4.01. The maximum absolute atomic E-state index is 5.31. The number of methoxy groups -OCH3 is 1. The maximum atomic E-state index is 5.31. The lowest BCUT2D eigenvalue weighted by Crippen LogP contribution is -1.89. The lowest BCUT2D eigenvalue weighted by atomic mass is 10.1. The minimum absolute atomic E-state index is 0.593. The second kappa shape index (κ2) is 6.10. The van der Waals surface area contributed by atoms with Crippen molar-refractivity contribution in [1.29, 1.82) is 0 Å². The molecule has 0 N–H and O–H groups in total. The van der Waals surface area contributed by atoms with Crippen LogP contribution in [0.15, 0.2) is 57.5 Å². The Bertz CT molecular complexity index is 738. The number of halogens is 1. The summed E-state index contributed by atoms with van der Waals surface area (Å²) in [6.07, 6.45) is 0.602. The van der Waals surface area contributed by atoms with E-state index >= 15 is 0 Å². The van der Waals surface area contributed by atoms with E-state index in [1.807, 2.05) is 48.5 Å². The predicted octanol–water partition coefficient (Wildman–Crippen LogP) is 4.10. The predicted molar refractivity (Wildman–Crippen MR) is 83.2 cm³/mol. The first-order chi connectivity index (χ1) is 10.2. The first-order valence-corrected chi connectivity index (χ1v) is 7.25. The van der Waals surface area contributed by atoms with E-state index in [9.17, 15) is 0 Å². The van der Waals surface area contributed by atoms with Gasteiger partial charge in [0.1, 0.15) is 5.75 Å². The van der Waals surface area contributed by atoms with Gasteiger partial charge in [0.25, 0.3) is 0 Å². The summed E-state index contributed by atoms with van der Waals surface area (Å²) in [5.41, 5.74) is 2.02. The molecule has 21 heavy (non-hydrogen) atoms. The van der Waals surface area contributed by atoms with Gasteiger partial charge in [-0.1, -0.05) is 45.4 Å². The van der Waals surface area contributed by atoms with Crippen LogP contribution in [0.3, 0.4) is 0 Å². The van der Waals surface area contributed by atoms with E-state index in [1.54, 1.807) is 7.11 Å². The molecule has 0 bridgehead atoms. The minimum atomic E-state index is 0.593. The van der Waals surface area contributed by atoms with Crippen molar-refractivity contribution in [3.63, 3.8) is 0 Å². The van der Waals surface area contributed by atoms with Crippen molar-refractivity contribution in [3.8, 4) is 17.1 Å². The third kappa shape index (κ3) is 3.31. The van der Waals surface area contributed by atoms with Gasteiger partial charge in [0.05, 0.1) is 13.5 Å². The fraction of sp³-hybridized carbons (Fsp3) is 0.125. The Morgan fingerprint density at radius 2 is 1.95 bits per heavy atom. The molecule has 0 spiro atoms. The Balaban J connectivity index is 1.78. The molecule has 2 aromatic carbocycles. The molecular formula is C16H13BrN2O2. The molecule has 5 heteroatoms. The Labute approximate surface area is 130 Å². The molecule has 0 saturated heterocycles. The van der Waals surface area contributed by atoms with Crippen molar-refractivity contribution in [2.75, 3.05) is 7.11 Å². The van der Waals surface area contributed by atoms with Crippen molar-refractivity contribution in [2.24, 2.45) is 0 Å². The number of benzene rings is 2. The van der Waals surface area contributed by atoms with Gasteiger partial charge >= 0.3 is 0 Å². The molecule has 1 aromatic heterocycles. The lowest BCUT2D eigenvalue weighted by Gasteiger charge is -2.00. The van der Waals surface area contributed by atoms with Crippen molar-refractivity contribution < 1.29 is 9.26 Å². The van der Waals surface area contributed by atoms with E-state index in [0.29, 0.717) is 18.1 Å². The van der Waals surface area contributed by atoms with Crippen LogP contribution in [0.1, 0.15) is 11.5 Å². The van der Waals surface area contributed by atoms with Gasteiger partial charge in [0, 0.05) is 10.0 Å². The smallest absolute Gasteiger partial charge is 0.231 e. The number of hydrogen-bond acceptors (Lipinski definition) is 4. The topological polar surface area (TPSA) is 48.2 Å². The number of rotatable bonds is 4. The summed E-state index contributed by atoms with van der Waals surface area (Å²) >= 11 is 3.44. The molecule has 106 valence electrons. The van der Waals surface area contributed by atoms with Crippen LogP contribution in [0.2, 0.25) is 0 Å². The molecule has 4 nitrogen and oxygen atoms in total. The van der Waals surface area contributed by atoms with Gasteiger partial charge < -0.3 is 9.26 Å². The van der Waals surface area contributed by atoms with Crippen LogP contribution in [-0.4, -0.2) is 17.3 Å². The van der Waals surface area contributed by atoms with Crippen molar-refractivity contribution in [3.05, 3.63) is 64.5 Å². The van der Waals surface area contributed by atoms with Crippen LogP contribution in [0.4, 0.5) is 0 Å². The zero-order valence-corrected chi connectivity index (χ0v) is 13.0. The SMILES string of the molecule is COc1ccc(Cc2nc(-c3cccc(Br)c3)no2)cc1. The van der Waals surface area contributed by atoms with Gasteiger partial charge in [-0.3, -0.25) is 0 Å². The highest BCUT2D eigenvalue weighted by molar-refractivity contribution is 9.10. The maximum Gasteiger partial charge on any atom is 0.231 e. The van der Waals surface area contributed by atoms with E-state index in [-0.39, 0.29) is 0 Å². The van der Waals surface area contributed by atoms with Gasteiger partial charge in [-0.25, -0.2) is 0 Å². The summed E-state index contributed by atoms with van der Waals surface area (Å²) in [5, 5.41) is 4.03. The Hall–Kier alpha value is -2.14. The number of hydrogen-bond donors (Lipinski definition) is 0. The summed E-state index contributed by atoms with van der Waals surface area (Å²) in [7, 11) is 1.65. The number of ether oxygens (including phenoxy) is 1. The zero-order chi connectivity index (χ0) is 14.7. The van der Waals surface area contributed by atoms with E-state index < -0.39 is 0 Å². The van der Waals surface area contributed by atoms with Crippen LogP contribution in [0.25, 0.3) is 11.4 Å². The fourth-order valence-corrected chi connectivity index (χ4v) is 2.39. The standard InChI is InChI=1S/C16H13BrN2O2/c1-20-14-7-5-11(6-8-14)9-15-18-16(19-21-15)12-3-2-4-13(17)10-12/h2-8,10H,9H2,1H3. The average molecular weight is 345 g/mol. The summed E-state index contributed by atoms with van der Waals surface area (Å²) < 4.78 is 11.4. The van der Waals surface area contributed by atoms with E-state index in [1.165, 1.54) is 0 Å². The summed E-state index contributed by atoms with van der Waals surface area (Å²) in [4.78, 5) is 4.43. The third-order valence-electron chi connectivity index (χ3n) is 3.07. The Morgan fingerprint density at radius 3 is 2.67 bits per heavy atom. The Morgan fingerprint density at radius 1 is 1.14 bits per heavy atom. The van der Waals surface area contributed by atoms with Crippen molar-refractivity contribution in [1.82, 2.24) is 10.1 Å². The first-order valence-electron chi connectivity index (χ1n) is 6.46. The minimum Gasteiger partial charge on any atom is -0.497 e. The zero-order valence-electron chi connectivity index (χ0n) is 11.4. The lowest BCUT2D eigenvalue weighted by molar-refractivity contribution is 0.385. The first kappa shape index (κ1) is 13.8. The summed E-state index contributed by atoms with van der Waals surface area (Å²) in [6.45, 7) is 0. The van der Waals surface area contributed by atoms with Crippen molar-refractivity contribution >= 4 is 15.9 Å². The van der Waals surface area contributed by atoms with E-state index in [4.69, 9.17) is 9.26 Å². The fourth-order valence-electron chi connectivity index (χ4n) is 1.99. The molecule has 0 aliphatic rings. The molecule has 0 saturated carbocycles. The molecule has 3 rings (SSSR count). The van der Waals surface area contributed by atoms with E-state index in [2.05, 4.69) is 26.1 Å². The van der Waals surface area contributed by atoms with Crippen LogP contribution in [0, 0.1) is 0 Å². The number of aromatic nitrogens is 2. The second-order valence-electron chi connectivity index (χ2n) is 4.55. The second-order valence-corrected chi connectivity index (χ2v) is 5.46. The van der Waals surface area contributed by atoms with Crippen molar-refractivity contribution in [2.45, 2.75) is 6.42 Å². The molecular weight excluding hydrogens is 332 g/mol. The molecule has 0 unspecified atom stereocenters. The quantitative estimate of drug-likeness (QED) is 0.714. The average Bonchev–Trinajstić information content (AvgIpc) is 2.97. The van der Waals surface area contributed by atoms with Crippen LogP contribution in [-0.2, 0) is 6.42 Å². The number of nitrogens with zero attached hydrogens (tertiary/aromatic N) is 2. The van der Waals surface area contributed by atoms with Crippen LogP contribution in [0.5, 0.6) is 5.75 Å². The summed E-state index contributed by atoms with van der Waals surface area (Å²) in [6, 6.07) is 15.6. The van der Waals surface area contributed by atoms with Gasteiger partial charge in [-0.15, -0.1) is 0 Å². The molecule has 0 aliphatic heterocycles. The largest absolute Gasteiger partial charge is 0.497 e. The monoisotopic (exact) mass is 344 g/mol. The van der Waals surface area contributed by atoms with E-state index in [0.717, 1.165) is 21.3 Å². The van der Waals surface area contributed by atoms with Gasteiger partial charge in [-0.05, 0) is 29.8 Å². The molecule has 0 radical (unpaired) electrons. The molecule has 0 fully saturated rings. The molecule has 0 amide bonds. The summed E-state index contributed by atoms with van der Waals surface area (Å²) in [5.74, 6) is 2.02. The molecule has 0 atom stereocenters. The molecule has 0 aliphatic carbocycles. The molecule has 1 heterocycles. The highest BCUT2D eigenvalue weighted by Crippen LogP contribution is 2.21. The van der Waals surface area contributed by atoms with Gasteiger partial charge in [0.15, 0.2) is 0 Å². The van der Waals surface area contributed by atoms with Crippen LogP contribution >= 0.6 is 15.9 Å². The highest BCUT2D eigenvalue weighted by atomic mass is 79.9. The normalized spacial score (nSPS) is 10.6. The third-order valence-corrected chi connectivity index (χ3v) is 3.56. The van der Waals surface area contributed by atoms with Crippen LogP contribution < -0.4 is 4.74 Å². The van der Waals surface area contributed by atoms with Gasteiger partial charge in [-0.2, -0.15) is 4.98 Å².